The summed E-state index contributed by atoms with van der Waals surface area (Å²) in [7, 11) is 0. The Hall–Kier alpha value is -2.00. The molecule has 1 aromatic rings. The SMILES string of the molecule is FC(F)=C(F)C(F)=C(F)c1c(F)c(F)c(F)c(F)c1F. The Kier molecular flexibility index (Phi) is 4.46. The lowest BCUT2D eigenvalue weighted by Gasteiger charge is -2.06. The Morgan fingerprint density at radius 2 is 0.850 bits per heavy atom. The fraction of sp³-hybridized carbons (Fsp3) is 0. The van der Waals surface area contributed by atoms with E-state index in [1.165, 1.54) is 0 Å². The Labute approximate surface area is 103 Å². The Balaban J connectivity index is 3.73. The number of hydrogen-bond acceptors (Lipinski definition) is 0. The molecule has 0 bridgehead atoms. The molecule has 1 rings (SSSR count). The fourth-order valence-electron chi connectivity index (χ4n) is 1.09. The standard InChI is InChI=1S/C10F10/c11-2-1(3(12)6(15)8(17)5(2)14)4(13)7(16)9(18)10(19)20. The average molecular weight is 310 g/mol. The van der Waals surface area contributed by atoms with Gasteiger partial charge in [-0.05, 0) is 0 Å². The van der Waals surface area contributed by atoms with Gasteiger partial charge in [0.15, 0.2) is 29.1 Å². The molecule has 0 atom stereocenters. The van der Waals surface area contributed by atoms with Crippen molar-refractivity contribution in [1.29, 1.82) is 0 Å². The molecule has 20 heavy (non-hydrogen) atoms. The van der Waals surface area contributed by atoms with Gasteiger partial charge in [-0.25, -0.2) is 30.7 Å². The van der Waals surface area contributed by atoms with Crippen LogP contribution >= 0.6 is 0 Å². The van der Waals surface area contributed by atoms with Crippen LogP contribution in [0, 0.1) is 29.1 Å². The van der Waals surface area contributed by atoms with E-state index in [1.807, 2.05) is 0 Å². The highest BCUT2D eigenvalue weighted by Gasteiger charge is 2.31. The molecule has 0 saturated heterocycles. The normalized spacial score (nSPS) is 12.3. The van der Waals surface area contributed by atoms with Crippen molar-refractivity contribution in [3.8, 4) is 0 Å². The lowest BCUT2D eigenvalue weighted by molar-refractivity contribution is 0.366. The van der Waals surface area contributed by atoms with Gasteiger partial charge in [0.1, 0.15) is 0 Å². The number of hydrogen-bond donors (Lipinski definition) is 0. The van der Waals surface area contributed by atoms with Gasteiger partial charge in [0.05, 0.1) is 5.56 Å². The summed E-state index contributed by atoms with van der Waals surface area (Å²) in [5.74, 6) is -22.9. The minimum absolute atomic E-state index is 2.49. The van der Waals surface area contributed by atoms with Crippen molar-refractivity contribution in [2.24, 2.45) is 0 Å². The maximum Gasteiger partial charge on any atom is 0.308 e. The van der Waals surface area contributed by atoms with Crippen LogP contribution in [0.25, 0.3) is 5.83 Å². The summed E-state index contributed by atoms with van der Waals surface area (Å²) in [6.07, 6.45) is -3.39. The molecule has 0 amide bonds. The first-order valence-corrected chi connectivity index (χ1v) is 4.39. The van der Waals surface area contributed by atoms with Crippen LogP contribution in [0.15, 0.2) is 17.7 Å². The van der Waals surface area contributed by atoms with Crippen LogP contribution < -0.4 is 0 Å². The Bertz CT molecular complexity index is 594. The first kappa shape index (κ1) is 16.1. The van der Waals surface area contributed by atoms with E-state index >= 15 is 0 Å². The molecular weight excluding hydrogens is 310 g/mol. The molecule has 0 saturated carbocycles. The molecule has 0 aliphatic carbocycles. The number of halogens is 10. The van der Waals surface area contributed by atoms with Crippen molar-refractivity contribution in [1.82, 2.24) is 0 Å². The van der Waals surface area contributed by atoms with Crippen molar-refractivity contribution in [3.63, 3.8) is 0 Å². The predicted octanol–water partition coefficient (Wildman–Crippen LogP) is 5.07. The van der Waals surface area contributed by atoms with E-state index in [0.29, 0.717) is 0 Å². The van der Waals surface area contributed by atoms with Crippen molar-refractivity contribution in [3.05, 3.63) is 52.4 Å². The second kappa shape index (κ2) is 5.55. The molecule has 1 aromatic carbocycles. The summed E-state index contributed by atoms with van der Waals surface area (Å²) in [5.41, 5.74) is -2.49. The summed E-state index contributed by atoms with van der Waals surface area (Å²) in [6, 6.07) is 0. The first-order valence-electron chi connectivity index (χ1n) is 4.39. The van der Waals surface area contributed by atoms with Crippen molar-refractivity contribution in [2.75, 3.05) is 0 Å². The van der Waals surface area contributed by atoms with Crippen LogP contribution in [0.3, 0.4) is 0 Å². The van der Waals surface area contributed by atoms with Crippen LogP contribution in [0.2, 0.25) is 0 Å². The van der Waals surface area contributed by atoms with E-state index in [1.54, 1.807) is 0 Å². The summed E-state index contributed by atoms with van der Waals surface area (Å²) < 4.78 is 125. The first-order chi connectivity index (χ1) is 9.11. The van der Waals surface area contributed by atoms with Gasteiger partial charge in [-0.2, -0.15) is 13.2 Å². The van der Waals surface area contributed by atoms with E-state index in [9.17, 15) is 43.9 Å². The molecule has 10 heteroatoms. The Morgan fingerprint density at radius 3 is 1.20 bits per heavy atom. The highest BCUT2D eigenvalue weighted by Crippen LogP contribution is 2.34. The van der Waals surface area contributed by atoms with E-state index in [-0.39, 0.29) is 0 Å². The molecule has 0 aromatic heterocycles. The fourth-order valence-corrected chi connectivity index (χ4v) is 1.09. The monoisotopic (exact) mass is 310 g/mol. The van der Waals surface area contributed by atoms with E-state index in [4.69, 9.17) is 0 Å². The van der Waals surface area contributed by atoms with Crippen LogP contribution in [0.5, 0.6) is 0 Å². The van der Waals surface area contributed by atoms with Gasteiger partial charge in [-0.1, -0.05) is 0 Å². The largest absolute Gasteiger partial charge is 0.308 e. The minimum atomic E-state index is -3.39. The molecule has 0 radical (unpaired) electrons. The van der Waals surface area contributed by atoms with Crippen LogP contribution in [0.4, 0.5) is 43.9 Å². The van der Waals surface area contributed by atoms with Gasteiger partial charge in [-0.15, -0.1) is 0 Å². The molecule has 0 spiro atoms. The van der Waals surface area contributed by atoms with E-state index in [2.05, 4.69) is 0 Å². The molecule has 0 nitrogen and oxygen atoms in total. The molecule has 0 aliphatic heterocycles. The third kappa shape index (κ3) is 2.49. The highest BCUT2D eigenvalue weighted by atomic mass is 19.3. The number of allylic oxidation sites excluding steroid dienone is 2. The molecular formula is C10F10. The number of benzene rings is 1. The third-order valence-corrected chi connectivity index (χ3v) is 1.98. The van der Waals surface area contributed by atoms with Crippen LogP contribution in [0.1, 0.15) is 5.56 Å². The zero-order chi connectivity index (χ0) is 15.8. The molecule has 0 unspecified atom stereocenters. The van der Waals surface area contributed by atoms with Crippen molar-refractivity contribution in [2.45, 2.75) is 0 Å². The minimum Gasteiger partial charge on any atom is -0.203 e. The van der Waals surface area contributed by atoms with Gasteiger partial charge >= 0.3 is 6.08 Å². The quantitative estimate of drug-likeness (QED) is 0.310. The summed E-state index contributed by atoms with van der Waals surface area (Å²) in [4.78, 5) is 0. The summed E-state index contributed by atoms with van der Waals surface area (Å²) >= 11 is 0. The average Bonchev–Trinajstić information content (AvgIpc) is 2.41. The van der Waals surface area contributed by atoms with E-state index < -0.39 is 58.2 Å². The second-order valence-corrected chi connectivity index (χ2v) is 3.15. The highest BCUT2D eigenvalue weighted by molar-refractivity contribution is 5.65. The van der Waals surface area contributed by atoms with Crippen molar-refractivity contribution < 1.29 is 43.9 Å². The van der Waals surface area contributed by atoms with Crippen LogP contribution in [-0.4, -0.2) is 0 Å². The van der Waals surface area contributed by atoms with Gasteiger partial charge in [0, 0.05) is 0 Å². The predicted molar refractivity (Wildman–Crippen MR) is 45.7 cm³/mol. The summed E-state index contributed by atoms with van der Waals surface area (Å²) in [5, 5.41) is 0. The molecule has 0 N–H and O–H groups in total. The molecule has 0 heterocycles. The maximum absolute atomic E-state index is 13.1. The zero-order valence-electron chi connectivity index (χ0n) is 8.78. The summed E-state index contributed by atoms with van der Waals surface area (Å²) in [6.45, 7) is 0. The van der Waals surface area contributed by atoms with E-state index in [0.717, 1.165) is 0 Å². The lowest BCUT2D eigenvalue weighted by Crippen LogP contribution is -2.06. The smallest absolute Gasteiger partial charge is 0.203 e. The molecule has 0 aliphatic rings. The van der Waals surface area contributed by atoms with Gasteiger partial charge in [-0.3, -0.25) is 0 Å². The van der Waals surface area contributed by atoms with Gasteiger partial charge in [0.2, 0.25) is 17.5 Å². The third-order valence-electron chi connectivity index (χ3n) is 1.98. The molecule has 0 fully saturated rings. The second-order valence-electron chi connectivity index (χ2n) is 3.15. The Morgan fingerprint density at radius 1 is 0.500 bits per heavy atom. The van der Waals surface area contributed by atoms with Gasteiger partial charge in [0.25, 0.3) is 0 Å². The van der Waals surface area contributed by atoms with Crippen LogP contribution in [-0.2, 0) is 0 Å². The molecule has 110 valence electrons. The number of rotatable bonds is 2. The lowest BCUT2D eigenvalue weighted by atomic mass is 10.1. The van der Waals surface area contributed by atoms with Gasteiger partial charge < -0.3 is 0 Å². The van der Waals surface area contributed by atoms with Crippen molar-refractivity contribution >= 4 is 5.83 Å². The maximum atomic E-state index is 13.1. The zero-order valence-corrected chi connectivity index (χ0v) is 8.78. The topological polar surface area (TPSA) is 0 Å².